The van der Waals surface area contributed by atoms with Crippen molar-refractivity contribution < 1.29 is 14.6 Å². The lowest BCUT2D eigenvalue weighted by Gasteiger charge is -2.04. The van der Waals surface area contributed by atoms with Crippen molar-refractivity contribution in [1.82, 2.24) is 0 Å². The molecule has 1 N–H and O–H groups in total. The van der Waals surface area contributed by atoms with Gasteiger partial charge in [-0.25, -0.2) is 4.79 Å². The molecule has 1 aromatic rings. The summed E-state index contributed by atoms with van der Waals surface area (Å²) in [6.45, 7) is 0. The van der Waals surface area contributed by atoms with Crippen LogP contribution in [0.1, 0.15) is 5.56 Å². The highest BCUT2D eigenvalue weighted by molar-refractivity contribution is 6.32. The van der Waals surface area contributed by atoms with Crippen molar-refractivity contribution >= 4 is 17.6 Å². The van der Waals surface area contributed by atoms with Crippen LogP contribution in [-0.2, 0) is 11.2 Å². The summed E-state index contributed by atoms with van der Waals surface area (Å²) in [6.07, 6.45) is -0.388. The fourth-order valence-electron chi connectivity index (χ4n) is 1.37. The summed E-state index contributed by atoms with van der Waals surface area (Å²) in [7, 11) is 0. The Morgan fingerprint density at radius 3 is 3.00 bits per heavy atom. The molecule has 68 valence electrons. The first-order chi connectivity index (χ1) is 6.18. The molecule has 1 aromatic carbocycles. The van der Waals surface area contributed by atoms with Crippen molar-refractivity contribution in [1.29, 1.82) is 0 Å². The molecule has 0 aliphatic carbocycles. The third-order valence-electron chi connectivity index (χ3n) is 1.99. The first kappa shape index (κ1) is 8.38. The summed E-state index contributed by atoms with van der Waals surface area (Å²) in [6, 6.07) is 5.30. The van der Waals surface area contributed by atoms with Crippen molar-refractivity contribution in [3.63, 3.8) is 0 Å². The third-order valence-corrected chi connectivity index (χ3v) is 2.29. The topological polar surface area (TPSA) is 46.5 Å². The van der Waals surface area contributed by atoms with Crippen molar-refractivity contribution in [2.24, 2.45) is 0 Å². The number of ether oxygens (including phenoxy) is 1. The lowest BCUT2D eigenvalue weighted by molar-refractivity contribution is -0.144. The van der Waals surface area contributed by atoms with Crippen LogP contribution in [0.2, 0.25) is 5.02 Å². The van der Waals surface area contributed by atoms with Crippen LogP contribution < -0.4 is 4.74 Å². The fourth-order valence-corrected chi connectivity index (χ4v) is 1.61. The first-order valence-corrected chi connectivity index (χ1v) is 4.23. The van der Waals surface area contributed by atoms with Gasteiger partial charge in [-0.1, -0.05) is 23.7 Å². The molecule has 1 aliphatic rings. The van der Waals surface area contributed by atoms with E-state index < -0.39 is 12.1 Å². The number of benzene rings is 1. The highest BCUT2D eigenvalue weighted by atomic mass is 35.5. The third kappa shape index (κ3) is 1.35. The van der Waals surface area contributed by atoms with E-state index in [4.69, 9.17) is 21.4 Å². The van der Waals surface area contributed by atoms with Crippen LogP contribution >= 0.6 is 11.6 Å². The SMILES string of the molecule is O=C(O)C1Cc2cccc(Cl)c2O1. The van der Waals surface area contributed by atoms with Gasteiger partial charge in [-0.2, -0.15) is 0 Å². The molecule has 1 atom stereocenters. The van der Waals surface area contributed by atoms with Gasteiger partial charge in [0.05, 0.1) is 5.02 Å². The largest absolute Gasteiger partial charge is 0.478 e. The van der Waals surface area contributed by atoms with Gasteiger partial charge in [0, 0.05) is 12.0 Å². The van der Waals surface area contributed by atoms with Gasteiger partial charge in [0.2, 0.25) is 0 Å². The van der Waals surface area contributed by atoms with Crippen LogP contribution in [-0.4, -0.2) is 17.2 Å². The predicted octanol–water partition coefficient (Wildman–Crippen LogP) is 1.73. The number of fused-ring (bicyclic) bond motifs is 1. The van der Waals surface area contributed by atoms with Gasteiger partial charge < -0.3 is 9.84 Å². The molecule has 2 rings (SSSR count). The second-order valence-corrected chi connectivity index (χ2v) is 3.28. The number of para-hydroxylation sites is 1. The molecule has 1 unspecified atom stereocenters. The zero-order chi connectivity index (χ0) is 9.42. The van der Waals surface area contributed by atoms with Crippen LogP contribution in [0.25, 0.3) is 0 Å². The van der Waals surface area contributed by atoms with E-state index >= 15 is 0 Å². The highest BCUT2D eigenvalue weighted by Crippen LogP contribution is 2.35. The Kier molecular flexibility index (Phi) is 1.88. The van der Waals surface area contributed by atoms with Crippen molar-refractivity contribution in [3.8, 4) is 5.75 Å². The standard InChI is InChI=1S/C9H7ClO3/c10-6-3-1-2-5-4-7(9(11)12)13-8(5)6/h1-3,7H,4H2,(H,11,12). The number of aliphatic carboxylic acids is 1. The Morgan fingerprint density at radius 1 is 1.62 bits per heavy atom. The van der Waals surface area contributed by atoms with Gasteiger partial charge >= 0.3 is 5.97 Å². The van der Waals surface area contributed by atoms with Crippen molar-refractivity contribution in [2.75, 3.05) is 0 Å². The Morgan fingerprint density at radius 2 is 2.38 bits per heavy atom. The maximum Gasteiger partial charge on any atom is 0.345 e. The zero-order valence-corrected chi connectivity index (χ0v) is 7.41. The summed E-state index contributed by atoms with van der Waals surface area (Å²) in [5.74, 6) is -0.441. The normalized spacial score (nSPS) is 19.3. The van der Waals surface area contributed by atoms with E-state index in [0.717, 1.165) is 5.56 Å². The van der Waals surface area contributed by atoms with Gasteiger partial charge in [-0.15, -0.1) is 0 Å². The van der Waals surface area contributed by atoms with E-state index in [1.807, 2.05) is 6.07 Å². The molecule has 13 heavy (non-hydrogen) atoms. The molecule has 0 amide bonds. The minimum atomic E-state index is -0.952. The van der Waals surface area contributed by atoms with Crippen LogP contribution in [0.4, 0.5) is 0 Å². The maximum atomic E-state index is 10.6. The van der Waals surface area contributed by atoms with E-state index in [1.165, 1.54) is 0 Å². The van der Waals surface area contributed by atoms with Crippen molar-refractivity contribution in [2.45, 2.75) is 12.5 Å². The zero-order valence-electron chi connectivity index (χ0n) is 6.66. The Labute approximate surface area is 79.9 Å². The minimum absolute atomic E-state index is 0.394. The van der Waals surface area contributed by atoms with Crippen LogP contribution in [0, 0.1) is 0 Å². The monoisotopic (exact) mass is 198 g/mol. The number of carboxylic acids is 1. The van der Waals surface area contributed by atoms with Gasteiger partial charge in [-0.3, -0.25) is 0 Å². The summed E-state index contributed by atoms with van der Waals surface area (Å²) in [5, 5.41) is 9.18. The molecule has 0 spiro atoms. The van der Waals surface area contributed by atoms with Gasteiger partial charge in [0.1, 0.15) is 5.75 Å². The van der Waals surface area contributed by atoms with Crippen LogP contribution in [0.15, 0.2) is 18.2 Å². The van der Waals surface area contributed by atoms with Crippen molar-refractivity contribution in [3.05, 3.63) is 28.8 Å². The Hall–Kier alpha value is -1.22. The number of hydrogen-bond acceptors (Lipinski definition) is 2. The molecule has 0 saturated carbocycles. The van der Waals surface area contributed by atoms with E-state index in [1.54, 1.807) is 12.1 Å². The molecule has 0 radical (unpaired) electrons. The quantitative estimate of drug-likeness (QED) is 0.748. The van der Waals surface area contributed by atoms with Crippen LogP contribution in [0.5, 0.6) is 5.75 Å². The first-order valence-electron chi connectivity index (χ1n) is 3.85. The van der Waals surface area contributed by atoms with E-state index in [2.05, 4.69) is 0 Å². The summed E-state index contributed by atoms with van der Waals surface area (Å²) in [4.78, 5) is 10.6. The van der Waals surface area contributed by atoms with Gasteiger partial charge in [0.15, 0.2) is 6.10 Å². The lowest BCUT2D eigenvalue weighted by Crippen LogP contribution is -2.24. The molecular weight excluding hydrogens is 192 g/mol. The van der Waals surface area contributed by atoms with Crippen LogP contribution in [0.3, 0.4) is 0 Å². The molecule has 1 heterocycles. The molecule has 0 fully saturated rings. The number of halogens is 1. The minimum Gasteiger partial charge on any atom is -0.478 e. The summed E-state index contributed by atoms with van der Waals surface area (Å²) in [5.41, 5.74) is 0.861. The number of rotatable bonds is 1. The van der Waals surface area contributed by atoms with Gasteiger partial charge in [-0.05, 0) is 6.07 Å². The number of hydrogen-bond donors (Lipinski definition) is 1. The molecular formula is C9H7ClO3. The van der Waals surface area contributed by atoms with E-state index in [9.17, 15) is 4.79 Å². The lowest BCUT2D eigenvalue weighted by atomic mass is 10.1. The van der Waals surface area contributed by atoms with E-state index in [0.29, 0.717) is 17.2 Å². The molecule has 3 nitrogen and oxygen atoms in total. The Bertz CT molecular complexity index is 362. The van der Waals surface area contributed by atoms with Gasteiger partial charge in [0.25, 0.3) is 0 Å². The molecule has 0 aromatic heterocycles. The number of carbonyl (C=O) groups is 1. The number of carboxylic acid groups (broad SMARTS) is 1. The van der Waals surface area contributed by atoms with E-state index in [-0.39, 0.29) is 0 Å². The molecule has 1 aliphatic heterocycles. The maximum absolute atomic E-state index is 10.6. The average molecular weight is 199 g/mol. The predicted molar refractivity (Wildman–Crippen MR) is 47.2 cm³/mol. The molecule has 0 saturated heterocycles. The molecule has 0 bridgehead atoms. The summed E-state index contributed by atoms with van der Waals surface area (Å²) < 4.78 is 5.17. The second kappa shape index (κ2) is 2.92. The average Bonchev–Trinajstić information content (AvgIpc) is 2.49. The second-order valence-electron chi connectivity index (χ2n) is 2.88. The summed E-state index contributed by atoms with van der Waals surface area (Å²) >= 11 is 5.82. The highest BCUT2D eigenvalue weighted by Gasteiger charge is 2.29. The smallest absolute Gasteiger partial charge is 0.345 e. The molecule has 4 heteroatoms. The fraction of sp³-hybridized carbons (Fsp3) is 0.222. The Balaban J connectivity index is 2.35.